The summed E-state index contributed by atoms with van der Waals surface area (Å²) in [6, 6.07) is 15.9. The number of amides is 2. The van der Waals surface area contributed by atoms with Gasteiger partial charge in [-0.15, -0.1) is 0 Å². The minimum atomic E-state index is -0.634. The second-order valence-electron chi connectivity index (χ2n) is 6.77. The number of pyridine rings is 1. The number of fused-ring (bicyclic) bond motifs is 1. The Morgan fingerprint density at radius 3 is 2.77 bits per heavy atom. The Kier molecular flexibility index (Phi) is 6.10. The molecule has 0 radical (unpaired) electrons. The maximum atomic E-state index is 13.1. The molecule has 7 nitrogen and oxygen atoms in total. The highest BCUT2D eigenvalue weighted by atomic mass is 16.5. The zero-order valence-corrected chi connectivity index (χ0v) is 16.3. The fourth-order valence-electron chi connectivity index (χ4n) is 3.31. The number of nitrogens with zero attached hydrogens (tertiary/aromatic N) is 3. The molecule has 1 aromatic carbocycles. The lowest BCUT2D eigenvalue weighted by atomic mass is 9.89. The summed E-state index contributed by atoms with van der Waals surface area (Å²) in [7, 11) is 0. The average Bonchev–Trinajstić information content (AvgIpc) is 3.29. The largest absolute Gasteiger partial charge is 0.467 e. The highest BCUT2D eigenvalue weighted by molar-refractivity contribution is 6.28. The molecule has 0 aliphatic carbocycles. The smallest absolute Gasteiger partial charge is 0.266 e. The van der Waals surface area contributed by atoms with Crippen LogP contribution in [0.3, 0.4) is 0 Å². The van der Waals surface area contributed by atoms with Crippen molar-refractivity contribution >= 4 is 23.8 Å². The topological polar surface area (TPSA) is 85.0 Å². The van der Waals surface area contributed by atoms with Gasteiger partial charge in [0.05, 0.1) is 12.2 Å². The predicted molar refractivity (Wildman–Crippen MR) is 112 cm³/mol. The van der Waals surface area contributed by atoms with Gasteiger partial charge in [-0.05, 0) is 42.3 Å². The van der Waals surface area contributed by atoms with E-state index in [2.05, 4.69) is 9.98 Å². The molecule has 30 heavy (non-hydrogen) atoms. The molecule has 0 bridgehead atoms. The first kappa shape index (κ1) is 19.7. The van der Waals surface area contributed by atoms with E-state index in [-0.39, 0.29) is 11.8 Å². The number of hydrogen-bond acceptors (Lipinski definition) is 6. The standard InChI is InChI=1S/C23H21N3O4/c27-22-19-9-2-1-8-18(19)20(23(28)26(22)21-10-3-4-12-25-21)15-24-11-6-13-29-16-17-7-5-14-30-17/h1-5,7-10,12,14-15,20H,6,11,13,16H2/t20-/m1/s1. The Balaban J connectivity index is 1.43. The lowest BCUT2D eigenvalue weighted by Gasteiger charge is -2.30. The second kappa shape index (κ2) is 9.28. The maximum absolute atomic E-state index is 13.1. The Morgan fingerprint density at radius 1 is 1.10 bits per heavy atom. The molecule has 0 unspecified atom stereocenters. The summed E-state index contributed by atoms with van der Waals surface area (Å²) in [4.78, 5) is 35.8. The maximum Gasteiger partial charge on any atom is 0.266 e. The van der Waals surface area contributed by atoms with Crippen LogP contribution in [0.5, 0.6) is 0 Å². The normalized spacial score (nSPS) is 16.3. The van der Waals surface area contributed by atoms with E-state index in [1.807, 2.05) is 18.2 Å². The fraction of sp³-hybridized carbons (Fsp3) is 0.217. The van der Waals surface area contributed by atoms with E-state index in [9.17, 15) is 9.59 Å². The Hall–Kier alpha value is -3.58. The van der Waals surface area contributed by atoms with Crippen LogP contribution in [0.15, 0.2) is 76.5 Å². The highest BCUT2D eigenvalue weighted by Gasteiger charge is 2.39. The van der Waals surface area contributed by atoms with Crippen LogP contribution < -0.4 is 4.90 Å². The van der Waals surface area contributed by atoms with Crippen molar-refractivity contribution in [1.29, 1.82) is 0 Å². The summed E-state index contributed by atoms with van der Waals surface area (Å²) in [6.07, 6.45) is 5.50. The van der Waals surface area contributed by atoms with E-state index < -0.39 is 5.92 Å². The van der Waals surface area contributed by atoms with Gasteiger partial charge in [-0.2, -0.15) is 0 Å². The van der Waals surface area contributed by atoms with Crippen LogP contribution in [0.4, 0.5) is 5.82 Å². The van der Waals surface area contributed by atoms with Gasteiger partial charge in [0, 0.05) is 31.1 Å². The molecule has 0 fully saturated rings. The van der Waals surface area contributed by atoms with Crippen molar-refractivity contribution in [3.05, 3.63) is 83.9 Å². The van der Waals surface area contributed by atoms with E-state index in [4.69, 9.17) is 9.15 Å². The van der Waals surface area contributed by atoms with Crippen LogP contribution in [-0.4, -0.2) is 36.2 Å². The molecule has 0 spiro atoms. The van der Waals surface area contributed by atoms with Gasteiger partial charge in [-0.1, -0.05) is 24.3 Å². The Morgan fingerprint density at radius 2 is 1.97 bits per heavy atom. The number of benzene rings is 1. The number of aromatic nitrogens is 1. The molecular weight excluding hydrogens is 382 g/mol. The molecule has 4 rings (SSSR count). The molecule has 1 atom stereocenters. The van der Waals surface area contributed by atoms with E-state index in [1.165, 1.54) is 0 Å². The summed E-state index contributed by atoms with van der Waals surface area (Å²) in [5.74, 6) is -0.264. The van der Waals surface area contributed by atoms with Crippen LogP contribution in [-0.2, 0) is 16.1 Å². The van der Waals surface area contributed by atoms with Crippen molar-refractivity contribution in [2.45, 2.75) is 18.9 Å². The molecule has 2 aromatic heterocycles. The number of hydrogen-bond donors (Lipinski definition) is 0. The number of carbonyl (C=O) groups excluding carboxylic acids is 2. The number of ether oxygens (including phenoxy) is 1. The van der Waals surface area contributed by atoms with Gasteiger partial charge >= 0.3 is 0 Å². The Labute approximate surface area is 174 Å². The number of imide groups is 1. The van der Waals surface area contributed by atoms with E-state index >= 15 is 0 Å². The average molecular weight is 403 g/mol. The lowest BCUT2D eigenvalue weighted by molar-refractivity contribution is -0.118. The van der Waals surface area contributed by atoms with Crippen LogP contribution in [0.1, 0.15) is 34.0 Å². The van der Waals surface area contributed by atoms with Gasteiger partial charge in [0.15, 0.2) is 0 Å². The molecule has 1 aliphatic rings. The van der Waals surface area contributed by atoms with E-state index in [0.717, 1.165) is 10.7 Å². The van der Waals surface area contributed by atoms with Crippen molar-refractivity contribution in [2.75, 3.05) is 18.1 Å². The molecule has 1 aliphatic heterocycles. The van der Waals surface area contributed by atoms with Crippen molar-refractivity contribution in [3.63, 3.8) is 0 Å². The minimum Gasteiger partial charge on any atom is -0.467 e. The van der Waals surface area contributed by atoms with Gasteiger partial charge in [-0.25, -0.2) is 9.88 Å². The van der Waals surface area contributed by atoms with Crippen LogP contribution in [0, 0.1) is 0 Å². The monoisotopic (exact) mass is 403 g/mol. The molecule has 7 heteroatoms. The molecule has 152 valence electrons. The summed E-state index contributed by atoms with van der Waals surface area (Å²) in [6.45, 7) is 1.47. The highest BCUT2D eigenvalue weighted by Crippen LogP contribution is 2.30. The number of rotatable bonds is 8. The summed E-state index contributed by atoms with van der Waals surface area (Å²) < 4.78 is 10.8. The molecule has 0 saturated heterocycles. The first-order valence-corrected chi connectivity index (χ1v) is 9.74. The lowest BCUT2D eigenvalue weighted by Crippen LogP contribution is -2.45. The zero-order valence-electron chi connectivity index (χ0n) is 16.3. The SMILES string of the molecule is O=C1c2ccccc2[C@@H](C=NCCCOCc2ccco2)C(=O)N1c1ccccn1. The Bertz CT molecular complexity index is 1030. The zero-order chi connectivity index (χ0) is 20.8. The number of anilines is 1. The second-order valence-corrected chi connectivity index (χ2v) is 6.77. The molecular formula is C23H21N3O4. The molecule has 2 amide bonds. The van der Waals surface area contributed by atoms with Gasteiger partial charge < -0.3 is 9.15 Å². The van der Waals surface area contributed by atoms with Gasteiger partial charge in [0.25, 0.3) is 5.91 Å². The third-order valence-electron chi connectivity index (χ3n) is 4.75. The molecule has 0 N–H and O–H groups in total. The number of furan rings is 1. The van der Waals surface area contributed by atoms with Crippen LogP contribution in [0.2, 0.25) is 0 Å². The summed E-state index contributed by atoms with van der Waals surface area (Å²) in [5, 5.41) is 0. The van der Waals surface area contributed by atoms with Crippen molar-refractivity contribution < 1.29 is 18.7 Å². The predicted octanol–water partition coefficient (Wildman–Crippen LogP) is 3.62. The molecule has 3 heterocycles. The van der Waals surface area contributed by atoms with Gasteiger partial charge in [0.2, 0.25) is 5.91 Å². The third-order valence-corrected chi connectivity index (χ3v) is 4.75. The summed E-state index contributed by atoms with van der Waals surface area (Å²) in [5.41, 5.74) is 1.15. The fourth-order valence-corrected chi connectivity index (χ4v) is 3.31. The quantitative estimate of drug-likeness (QED) is 0.326. The minimum absolute atomic E-state index is 0.312. The third kappa shape index (κ3) is 4.21. The molecule has 0 saturated carbocycles. The number of aliphatic imine (C=N–C) groups is 1. The first-order valence-electron chi connectivity index (χ1n) is 9.74. The molecule has 3 aromatic rings. The van der Waals surface area contributed by atoms with Gasteiger partial charge in [-0.3, -0.25) is 14.6 Å². The summed E-state index contributed by atoms with van der Waals surface area (Å²) >= 11 is 0. The van der Waals surface area contributed by atoms with E-state index in [0.29, 0.717) is 43.1 Å². The van der Waals surface area contributed by atoms with Gasteiger partial charge in [0.1, 0.15) is 18.2 Å². The first-order chi connectivity index (χ1) is 14.8. The van der Waals surface area contributed by atoms with E-state index in [1.54, 1.807) is 55.1 Å². The van der Waals surface area contributed by atoms with Crippen LogP contribution >= 0.6 is 0 Å². The van der Waals surface area contributed by atoms with Crippen LogP contribution in [0.25, 0.3) is 0 Å². The van der Waals surface area contributed by atoms with Crippen molar-refractivity contribution in [1.82, 2.24) is 4.98 Å². The van der Waals surface area contributed by atoms with Crippen molar-refractivity contribution in [2.24, 2.45) is 4.99 Å². The number of carbonyl (C=O) groups is 2. The van der Waals surface area contributed by atoms with Crippen molar-refractivity contribution in [3.8, 4) is 0 Å².